The number of ketones is 1. The molecule has 1 aliphatic rings. The molecule has 2 heterocycles. The van der Waals surface area contributed by atoms with E-state index in [1.807, 2.05) is 39.8 Å². The second-order valence-corrected chi connectivity index (χ2v) is 10.2. The molecule has 0 saturated carbocycles. The largest absolute Gasteiger partial charge is 0.507 e. The van der Waals surface area contributed by atoms with Crippen molar-refractivity contribution >= 4 is 44.1 Å². The summed E-state index contributed by atoms with van der Waals surface area (Å²) in [5, 5.41) is 11.6. The van der Waals surface area contributed by atoms with Crippen LogP contribution in [0.25, 0.3) is 16.0 Å². The minimum atomic E-state index is -1.01. The van der Waals surface area contributed by atoms with Crippen molar-refractivity contribution in [3.63, 3.8) is 0 Å². The number of rotatable bonds is 7. The minimum Gasteiger partial charge on any atom is -0.507 e. The van der Waals surface area contributed by atoms with Crippen molar-refractivity contribution < 1.29 is 28.6 Å². The highest BCUT2D eigenvalue weighted by Crippen LogP contribution is 2.46. The number of amides is 1. The maximum Gasteiger partial charge on any atom is 0.301 e. The molecule has 1 saturated heterocycles. The van der Waals surface area contributed by atoms with Crippen LogP contribution >= 0.6 is 11.3 Å². The Kier molecular flexibility index (Phi) is 7.10. The summed E-state index contributed by atoms with van der Waals surface area (Å²) < 4.78 is 26.0. The molecule has 1 aromatic heterocycles. The lowest BCUT2D eigenvalue weighted by Crippen LogP contribution is -2.29. The highest BCUT2D eigenvalue weighted by atomic mass is 32.1. The Hall–Kier alpha value is -4.24. The summed E-state index contributed by atoms with van der Waals surface area (Å²) in [5.74, 6) is -1.60. The van der Waals surface area contributed by atoms with Gasteiger partial charge in [0.25, 0.3) is 5.78 Å². The molecule has 1 N–H and O–H groups in total. The zero-order chi connectivity index (χ0) is 27.8. The van der Waals surface area contributed by atoms with E-state index in [2.05, 4.69) is 0 Å². The average Bonchev–Trinajstić information content (AvgIpc) is 3.44. The zero-order valence-corrected chi connectivity index (χ0v) is 22.8. The number of fused-ring (bicyclic) bond motifs is 1. The van der Waals surface area contributed by atoms with Crippen molar-refractivity contribution in [1.29, 1.82) is 0 Å². The Bertz CT molecular complexity index is 1630. The van der Waals surface area contributed by atoms with Crippen LogP contribution in [0.2, 0.25) is 0 Å². The first kappa shape index (κ1) is 26.4. The minimum absolute atomic E-state index is 0.120. The van der Waals surface area contributed by atoms with Crippen LogP contribution < -0.4 is 14.4 Å². The van der Waals surface area contributed by atoms with E-state index in [0.717, 1.165) is 21.3 Å². The summed E-state index contributed by atoms with van der Waals surface area (Å²) in [5.41, 5.74) is 3.36. The van der Waals surface area contributed by atoms with Gasteiger partial charge in [-0.15, -0.1) is 0 Å². The number of nitrogens with zero attached hydrogens (tertiary/aromatic N) is 2. The lowest BCUT2D eigenvalue weighted by atomic mass is 9.95. The van der Waals surface area contributed by atoms with E-state index in [4.69, 9.17) is 14.5 Å². The Morgan fingerprint density at radius 3 is 2.38 bits per heavy atom. The summed E-state index contributed by atoms with van der Waals surface area (Å²) in [4.78, 5) is 33.2. The van der Waals surface area contributed by atoms with Gasteiger partial charge in [0.1, 0.15) is 11.6 Å². The number of anilines is 1. The van der Waals surface area contributed by atoms with E-state index >= 15 is 0 Å². The molecular formula is C30H27FN2O5S. The Labute approximate surface area is 229 Å². The van der Waals surface area contributed by atoms with Gasteiger partial charge in [0.05, 0.1) is 35.0 Å². The number of carbonyl (C=O) groups excluding carboxylic acids is 2. The third-order valence-corrected chi connectivity index (χ3v) is 7.47. The summed E-state index contributed by atoms with van der Waals surface area (Å²) in [6.07, 6.45) is 0. The fourth-order valence-corrected chi connectivity index (χ4v) is 5.98. The van der Waals surface area contributed by atoms with Crippen LogP contribution in [-0.4, -0.2) is 35.0 Å². The Morgan fingerprint density at radius 1 is 1.00 bits per heavy atom. The predicted octanol–water partition coefficient (Wildman–Crippen LogP) is 6.48. The van der Waals surface area contributed by atoms with Gasteiger partial charge in [0.15, 0.2) is 16.6 Å². The van der Waals surface area contributed by atoms with Crippen molar-refractivity contribution in [3.05, 3.63) is 88.2 Å². The molecular weight excluding hydrogens is 519 g/mol. The normalized spacial score (nSPS) is 16.7. The molecule has 9 heteroatoms. The molecule has 4 aromatic rings. The molecule has 200 valence electrons. The highest BCUT2D eigenvalue weighted by molar-refractivity contribution is 7.22. The second kappa shape index (κ2) is 10.5. The maximum atomic E-state index is 13.6. The summed E-state index contributed by atoms with van der Waals surface area (Å²) >= 11 is 1.30. The van der Waals surface area contributed by atoms with Gasteiger partial charge in [-0.05, 0) is 86.8 Å². The quantitative estimate of drug-likeness (QED) is 0.162. The molecule has 1 amide bonds. The lowest BCUT2D eigenvalue weighted by molar-refractivity contribution is -0.132. The number of halogens is 1. The molecule has 7 nitrogen and oxygen atoms in total. The van der Waals surface area contributed by atoms with E-state index in [1.54, 1.807) is 18.2 Å². The van der Waals surface area contributed by atoms with E-state index in [9.17, 15) is 19.1 Å². The monoisotopic (exact) mass is 546 g/mol. The number of hydrogen-bond donors (Lipinski definition) is 1. The molecule has 0 radical (unpaired) electrons. The first-order valence-electron chi connectivity index (χ1n) is 12.6. The zero-order valence-electron chi connectivity index (χ0n) is 21.9. The summed E-state index contributed by atoms with van der Waals surface area (Å²) in [7, 11) is 0. The van der Waals surface area contributed by atoms with E-state index in [-0.39, 0.29) is 11.1 Å². The molecule has 1 unspecified atom stereocenters. The standard InChI is InChI=1S/C30H27FN2O5S/c1-5-37-21-12-9-19(15-22(21)38-6-2)26-24(27(34)18-7-10-20(31)11-8-18)28(35)29(36)33(26)30-32-25-17(4)13-16(3)14-23(25)39-30/h7-15,26,34H,5-6H2,1-4H3. The summed E-state index contributed by atoms with van der Waals surface area (Å²) in [6.45, 7) is 8.42. The smallest absolute Gasteiger partial charge is 0.301 e. The van der Waals surface area contributed by atoms with Gasteiger partial charge in [0.2, 0.25) is 0 Å². The van der Waals surface area contributed by atoms with Gasteiger partial charge < -0.3 is 14.6 Å². The summed E-state index contributed by atoms with van der Waals surface area (Å²) in [6, 6.07) is 13.2. The van der Waals surface area contributed by atoms with Gasteiger partial charge in [-0.2, -0.15) is 0 Å². The number of carbonyl (C=O) groups is 2. The van der Waals surface area contributed by atoms with Crippen LogP contribution in [0, 0.1) is 19.7 Å². The van der Waals surface area contributed by atoms with E-state index < -0.39 is 29.3 Å². The first-order valence-corrected chi connectivity index (χ1v) is 13.4. The van der Waals surface area contributed by atoms with Crippen LogP contribution in [0.4, 0.5) is 9.52 Å². The van der Waals surface area contributed by atoms with Crippen LogP contribution in [-0.2, 0) is 9.59 Å². The molecule has 1 aliphatic heterocycles. The third kappa shape index (κ3) is 4.74. The van der Waals surface area contributed by atoms with E-state index in [0.29, 0.717) is 35.4 Å². The van der Waals surface area contributed by atoms with Crippen molar-refractivity contribution in [2.24, 2.45) is 0 Å². The van der Waals surface area contributed by atoms with E-state index in [1.165, 1.54) is 40.5 Å². The molecule has 0 aliphatic carbocycles. The molecule has 5 rings (SSSR count). The third-order valence-electron chi connectivity index (χ3n) is 6.47. The SMILES string of the molecule is CCOc1ccc(C2C(=C(O)c3ccc(F)cc3)C(=O)C(=O)N2c2nc3c(C)cc(C)cc3s2)cc1OCC. The predicted molar refractivity (Wildman–Crippen MR) is 149 cm³/mol. The lowest BCUT2D eigenvalue weighted by Gasteiger charge is -2.24. The molecule has 3 aromatic carbocycles. The highest BCUT2D eigenvalue weighted by Gasteiger charge is 2.48. The fourth-order valence-electron chi connectivity index (χ4n) is 4.81. The van der Waals surface area contributed by atoms with Crippen molar-refractivity contribution in [2.75, 3.05) is 18.1 Å². The number of aliphatic hydroxyl groups is 1. The molecule has 1 atom stereocenters. The number of Topliss-reactive ketones (excluding diaryl/α,β-unsaturated/α-hetero) is 1. The number of hydrogen-bond acceptors (Lipinski definition) is 7. The first-order chi connectivity index (χ1) is 18.7. The number of aromatic nitrogens is 1. The van der Waals surface area contributed by atoms with Gasteiger partial charge in [0, 0.05) is 5.56 Å². The molecule has 1 fully saturated rings. The van der Waals surface area contributed by atoms with Crippen LogP contribution in [0.15, 0.2) is 60.2 Å². The van der Waals surface area contributed by atoms with Crippen molar-refractivity contribution in [1.82, 2.24) is 4.98 Å². The van der Waals surface area contributed by atoms with Crippen molar-refractivity contribution in [2.45, 2.75) is 33.7 Å². The van der Waals surface area contributed by atoms with Crippen LogP contribution in [0.1, 0.15) is 42.1 Å². The number of benzene rings is 3. The maximum absolute atomic E-state index is 13.6. The van der Waals surface area contributed by atoms with Gasteiger partial charge in [-0.25, -0.2) is 9.37 Å². The number of aliphatic hydroxyl groups excluding tert-OH is 1. The van der Waals surface area contributed by atoms with Gasteiger partial charge >= 0.3 is 5.91 Å². The molecule has 0 spiro atoms. The van der Waals surface area contributed by atoms with Gasteiger partial charge in [-0.3, -0.25) is 14.5 Å². The van der Waals surface area contributed by atoms with Crippen molar-refractivity contribution in [3.8, 4) is 11.5 Å². The Balaban J connectivity index is 1.75. The number of aryl methyl sites for hydroxylation is 2. The molecule has 0 bridgehead atoms. The fraction of sp³-hybridized carbons (Fsp3) is 0.233. The number of thiazole rings is 1. The average molecular weight is 547 g/mol. The topological polar surface area (TPSA) is 89.0 Å². The van der Waals surface area contributed by atoms with Crippen LogP contribution in [0.5, 0.6) is 11.5 Å². The van der Waals surface area contributed by atoms with Crippen LogP contribution in [0.3, 0.4) is 0 Å². The van der Waals surface area contributed by atoms with Gasteiger partial charge in [-0.1, -0.05) is 23.5 Å². The number of ether oxygens (including phenoxy) is 2. The molecule has 39 heavy (non-hydrogen) atoms. The second-order valence-electron chi connectivity index (χ2n) is 9.17. The Morgan fingerprint density at radius 2 is 1.69 bits per heavy atom.